The van der Waals surface area contributed by atoms with Crippen LogP contribution in [0.4, 0.5) is 8.78 Å². The number of aromatic nitrogens is 3. The predicted octanol–water partition coefficient (Wildman–Crippen LogP) is 5.61. The van der Waals surface area contributed by atoms with E-state index in [1.165, 1.54) is 29.5 Å². The number of rotatable bonds is 6. The molecule has 1 unspecified atom stereocenters. The summed E-state index contributed by atoms with van der Waals surface area (Å²) in [6, 6.07) is 11.2. The second kappa shape index (κ2) is 9.02. The van der Waals surface area contributed by atoms with Gasteiger partial charge in [-0.15, -0.1) is 0 Å². The molecule has 0 spiro atoms. The van der Waals surface area contributed by atoms with E-state index in [1.807, 2.05) is 6.07 Å². The Morgan fingerprint density at radius 2 is 1.92 bits per heavy atom. The molecule has 6 rings (SSSR count). The zero-order valence-electron chi connectivity index (χ0n) is 19.7. The van der Waals surface area contributed by atoms with E-state index in [2.05, 4.69) is 32.6 Å². The topological polar surface area (TPSA) is 80.9 Å². The molecule has 4 aromatic rings. The summed E-state index contributed by atoms with van der Waals surface area (Å²) in [5, 5.41) is 7.77. The van der Waals surface area contributed by atoms with Gasteiger partial charge in [-0.2, -0.15) is 4.98 Å². The highest BCUT2D eigenvalue weighted by Crippen LogP contribution is 2.37. The first-order valence-corrected chi connectivity index (χ1v) is 12.1. The average molecular weight is 487 g/mol. The third-order valence-electron chi connectivity index (χ3n) is 7.32. The van der Waals surface area contributed by atoms with Crippen LogP contribution in [0.5, 0.6) is 0 Å². The fourth-order valence-corrected chi connectivity index (χ4v) is 5.30. The number of benzene rings is 2. The molecule has 182 valence electrons. The summed E-state index contributed by atoms with van der Waals surface area (Å²) in [5.41, 5.74) is 4.88. The maximum atomic E-state index is 15.1. The van der Waals surface area contributed by atoms with Gasteiger partial charge in [-0.3, -0.25) is 4.98 Å². The number of halogens is 2. The molecule has 1 N–H and O–H groups in total. The number of carbonyl (C=O) groups is 1. The maximum absolute atomic E-state index is 15.1. The van der Waals surface area contributed by atoms with Gasteiger partial charge in [-0.05, 0) is 79.1 Å². The Bertz CT molecular complexity index is 1460. The van der Waals surface area contributed by atoms with Crippen LogP contribution in [-0.2, 0) is 11.2 Å². The minimum absolute atomic E-state index is 0.0714. The minimum atomic E-state index is -0.572. The van der Waals surface area contributed by atoms with E-state index in [0.717, 1.165) is 43.7 Å². The van der Waals surface area contributed by atoms with Crippen molar-refractivity contribution in [3.63, 3.8) is 0 Å². The Hall–Kier alpha value is -3.78. The summed E-state index contributed by atoms with van der Waals surface area (Å²) >= 11 is 0. The van der Waals surface area contributed by atoms with Crippen molar-refractivity contribution in [3.05, 3.63) is 77.1 Å². The molecule has 0 amide bonds. The van der Waals surface area contributed by atoms with Crippen molar-refractivity contribution in [2.75, 3.05) is 0 Å². The van der Waals surface area contributed by atoms with Gasteiger partial charge in [-0.1, -0.05) is 17.3 Å². The Labute approximate surface area is 206 Å². The lowest BCUT2D eigenvalue weighted by Gasteiger charge is -2.35. The summed E-state index contributed by atoms with van der Waals surface area (Å²) in [6.07, 6.45) is 7.40. The van der Waals surface area contributed by atoms with Gasteiger partial charge in [0.05, 0.1) is 11.8 Å². The van der Waals surface area contributed by atoms with Gasteiger partial charge in [0, 0.05) is 35.3 Å². The second-order valence-corrected chi connectivity index (χ2v) is 9.66. The van der Waals surface area contributed by atoms with Gasteiger partial charge in [0.2, 0.25) is 5.82 Å². The van der Waals surface area contributed by atoms with Crippen molar-refractivity contribution in [2.45, 2.75) is 44.7 Å². The van der Waals surface area contributed by atoms with Crippen LogP contribution < -0.4 is 5.32 Å². The predicted molar refractivity (Wildman–Crippen MR) is 130 cm³/mol. The number of pyridine rings is 1. The normalized spacial score (nSPS) is 20.7. The van der Waals surface area contributed by atoms with E-state index in [1.54, 1.807) is 13.0 Å². The monoisotopic (exact) mass is 486 g/mol. The summed E-state index contributed by atoms with van der Waals surface area (Å²) in [4.78, 5) is 19.1. The molecular weight excluding hydrogens is 462 g/mol. The molecule has 1 atom stereocenters. The highest BCUT2D eigenvalue weighted by Gasteiger charge is 2.33. The van der Waals surface area contributed by atoms with Crippen molar-refractivity contribution in [1.82, 2.24) is 20.4 Å². The molecule has 0 saturated heterocycles. The molecule has 2 aromatic carbocycles. The largest absolute Gasteiger partial charge is 0.334 e. The molecule has 6 nitrogen and oxygen atoms in total. The maximum Gasteiger partial charge on any atom is 0.261 e. The standard InChI is InChI=1S/C28H24F2N4O2/c1-15-8-23(24(29)12-22(15)21-6-7-31-13-25(21)30)28-33-27(34-36-28)18-2-4-20-17(11-18)3-5-26(20)32-19-9-16(10-19)14-35/h2,4,6-8,11-14,16,19,26,32H,3,5,9-10H2,1H3. The molecule has 2 aliphatic rings. The van der Waals surface area contributed by atoms with Crippen LogP contribution in [0.3, 0.4) is 0 Å². The van der Waals surface area contributed by atoms with Crippen LogP contribution in [0.1, 0.15) is 42.0 Å². The van der Waals surface area contributed by atoms with Gasteiger partial charge < -0.3 is 14.6 Å². The fraction of sp³-hybridized carbons (Fsp3) is 0.286. The van der Waals surface area contributed by atoms with E-state index >= 15 is 4.39 Å². The molecule has 2 aliphatic carbocycles. The first-order valence-electron chi connectivity index (χ1n) is 12.1. The number of aldehydes is 1. The zero-order valence-corrected chi connectivity index (χ0v) is 19.7. The van der Waals surface area contributed by atoms with Gasteiger partial charge in [0.25, 0.3) is 5.89 Å². The molecule has 8 heteroatoms. The minimum Gasteiger partial charge on any atom is -0.334 e. The first-order chi connectivity index (χ1) is 17.5. The van der Waals surface area contributed by atoms with Crippen molar-refractivity contribution < 1.29 is 18.1 Å². The zero-order chi connectivity index (χ0) is 24.8. The van der Waals surface area contributed by atoms with E-state index in [0.29, 0.717) is 23.0 Å². The number of carbonyl (C=O) groups excluding carboxylic acids is 1. The third-order valence-corrected chi connectivity index (χ3v) is 7.32. The van der Waals surface area contributed by atoms with Crippen molar-refractivity contribution in [1.29, 1.82) is 0 Å². The number of nitrogens with zero attached hydrogens (tertiary/aromatic N) is 3. The van der Waals surface area contributed by atoms with Crippen LogP contribution in [0.15, 0.2) is 53.3 Å². The molecule has 2 aromatic heterocycles. The van der Waals surface area contributed by atoms with Gasteiger partial charge >= 0.3 is 0 Å². The van der Waals surface area contributed by atoms with Crippen molar-refractivity contribution in [2.24, 2.45) is 5.92 Å². The Morgan fingerprint density at radius 3 is 2.72 bits per heavy atom. The number of fused-ring (bicyclic) bond motifs is 1. The summed E-state index contributed by atoms with van der Waals surface area (Å²) in [5.74, 6) is -0.433. The number of aryl methyl sites for hydroxylation is 2. The quantitative estimate of drug-likeness (QED) is 0.357. The Balaban J connectivity index is 1.23. The van der Waals surface area contributed by atoms with E-state index < -0.39 is 11.6 Å². The van der Waals surface area contributed by atoms with Crippen LogP contribution in [0.25, 0.3) is 34.0 Å². The molecule has 36 heavy (non-hydrogen) atoms. The van der Waals surface area contributed by atoms with Crippen LogP contribution in [0, 0.1) is 24.5 Å². The van der Waals surface area contributed by atoms with Crippen LogP contribution in [0.2, 0.25) is 0 Å². The summed E-state index contributed by atoms with van der Waals surface area (Å²) in [7, 11) is 0. The molecule has 1 fully saturated rings. The number of hydrogen-bond donors (Lipinski definition) is 1. The van der Waals surface area contributed by atoms with Crippen LogP contribution >= 0.6 is 0 Å². The van der Waals surface area contributed by atoms with Crippen molar-refractivity contribution >= 4 is 6.29 Å². The smallest absolute Gasteiger partial charge is 0.261 e. The molecular formula is C28H24F2N4O2. The van der Waals surface area contributed by atoms with Gasteiger partial charge in [-0.25, -0.2) is 8.78 Å². The number of nitrogens with one attached hydrogen (secondary N) is 1. The highest BCUT2D eigenvalue weighted by molar-refractivity contribution is 5.72. The lowest BCUT2D eigenvalue weighted by atomic mass is 9.81. The third kappa shape index (κ3) is 4.01. The summed E-state index contributed by atoms with van der Waals surface area (Å²) in [6.45, 7) is 1.78. The highest BCUT2D eigenvalue weighted by atomic mass is 19.1. The molecule has 1 saturated carbocycles. The summed E-state index contributed by atoms with van der Waals surface area (Å²) < 4.78 is 34.7. The molecule has 0 aliphatic heterocycles. The Kier molecular flexibility index (Phi) is 5.68. The van der Waals surface area contributed by atoms with Gasteiger partial charge in [0.15, 0.2) is 0 Å². The Morgan fingerprint density at radius 1 is 1.06 bits per heavy atom. The first kappa shape index (κ1) is 22.7. The second-order valence-electron chi connectivity index (χ2n) is 9.66. The lowest BCUT2D eigenvalue weighted by molar-refractivity contribution is -0.113. The molecule has 2 heterocycles. The lowest BCUT2D eigenvalue weighted by Crippen LogP contribution is -2.43. The van der Waals surface area contributed by atoms with E-state index in [-0.39, 0.29) is 29.0 Å². The fourth-order valence-electron chi connectivity index (χ4n) is 5.30. The SMILES string of the molecule is Cc1cc(-c2nc(-c3ccc4c(c3)CCC4NC3CC(C=O)C3)no2)c(F)cc1-c1ccncc1F. The molecule has 0 radical (unpaired) electrons. The average Bonchev–Trinajstić information content (AvgIpc) is 3.50. The molecule has 0 bridgehead atoms. The van der Waals surface area contributed by atoms with Gasteiger partial charge in [0.1, 0.15) is 17.9 Å². The van der Waals surface area contributed by atoms with E-state index in [4.69, 9.17) is 4.52 Å². The van der Waals surface area contributed by atoms with E-state index in [9.17, 15) is 9.18 Å². The van der Waals surface area contributed by atoms with Crippen molar-refractivity contribution in [3.8, 4) is 34.0 Å². The van der Waals surface area contributed by atoms with Crippen LogP contribution in [-0.4, -0.2) is 27.5 Å². The number of hydrogen-bond acceptors (Lipinski definition) is 6.